The maximum atomic E-state index is 12.7. The smallest absolute Gasteiger partial charge is 0.214 e. The zero-order valence-electron chi connectivity index (χ0n) is 14.3. The molecule has 1 aromatic heterocycles. The Labute approximate surface area is 144 Å². The van der Waals surface area contributed by atoms with Gasteiger partial charge < -0.3 is 4.98 Å². The Balaban J connectivity index is 1.85. The first kappa shape index (κ1) is 16.2. The lowest BCUT2D eigenvalue weighted by atomic mass is 9.80. The Bertz CT molecular complexity index is 834. The van der Waals surface area contributed by atoms with Gasteiger partial charge in [-0.3, -0.25) is 0 Å². The highest BCUT2D eigenvalue weighted by molar-refractivity contribution is 7.89. The second-order valence-corrected chi connectivity index (χ2v) is 9.38. The minimum Gasteiger partial charge on any atom is -0.357 e. The normalized spacial score (nSPS) is 23.5. The maximum absolute atomic E-state index is 12.7. The van der Waals surface area contributed by atoms with Gasteiger partial charge in [-0.05, 0) is 43.7 Å². The van der Waals surface area contributed by atoms with Gasteiger partial charge in [0.05, 0.1) is 11.8 Å². The van der Waals surface area contributed by atoms with Crippen LogP contribution < -0.4 is 0 Å². The van der Waals surface area contributed by atoms with Crippen molar-refractivity contribution >= 4 is 20.9 Å². The summed E-state index contributed by atoms with van der Waals surface area (Å²) < 4.78 is 27.3. The molecule has 1 atom stereocenters. The Hall–Kier alpha value is -1.33. The second kappa shape index (κ2) is 6.19. The van der Waals surface area contributed by atoms with Crippen LogP contribution in [0.25, 0.3) is 10.9 Å². The van der Waals surface area contributed by atoms with Crippen LogP contribution in [0.5, 0.6) is 0 Å². The van der Waals surface area contributed by atoms with Crippen molar-refractivity contribution in [1.82, 2.24) is 9.29 Å². The van der Waals surface area contributed by atoms with Crippen molar-refractivity contribution in [3.63, 3.8) is 0 Å². The van der Waals surface area contributed by atoms with E-state index in [1.165, 1.54) is 30.2 Å². The van der Waals surface area contributed by atoms with Gasteiger partial charge >= 0.3 is 0 Å². The number of benzene rings is 1. The van der Waals surface area contributed by atoms with Crippen molar-refractivity contribution in [3.8, 4) is 0 Å². The largest absolute Gasteiger partial charge is 0.357 e. The van der Waals surface area contributed by atoms with Crippen molar-refractivity contribution in [1.29, 1.82) is 0 Å². The van der Waals surface area contributed by atoms with Crippen LogP contribution >= 0.6 is 0 Å². The predicted molar refractivity (Wildman–Crippen MR) is 97.5 cm³/mol. The molecule has 1 unspecified atom stereocenters. The van der Waals surface area contributed by atoms with E-state index in [9.17, 15) is 8.42 Å². The fourth-order valence-electron chi connectivity index (χ4n) is 4.65. The number of hydrogen-bond acceptors (Lipinski definition) is 2. The molecule has 0 bridgehead atoms. The number of nitrogens with one attached hydrogen (secondary N) is 1. The lowest BCUT2D eigenvalue weighted by Gasteiger charge is -2.40. The highest BCUT2D eigenvalue weighted by Crippen LogP contribution is 2.44. The van der Waals surface area contributed by atoms with Crippen LogP contribution in [-0.2, 0) is 16.4 Å². The standard InChI is InChI=1S/C19H26N2O2S/c1-2-24(22,23)21-13-12-16-15-10-6-7-11-17(15)20-18(16)19(21)14-8-4-3-5-9-14/h6-7,10-11,14,19-20H,2-5,8-9,12-13H2,1H3. The molecule has 4 nitrogen and oxygen atoms in total. The zero-order chi connectivity index (χ0) is 16.7. The van der Waals surface area contributed by atoms with Crippen LogP contribution in [0.15, 0.2) is 24.3 Å². The SMILES string of the molecule is CCS(=O)(=O)N1CCc2c([nH]c3ccccc23)C1C1CCCCC1. The molecule has 2 heterocycles. The number of rotatable bonds is 3. The number of hydrogen-bond donors (Lipinski definition) is 1. The Kier molecular flexibility index (Phi) is 4.17. The molecule has 0 radical (unpaired) electrons. The summed E-state index contributed by atoms with van der Waals surface area (Å²) >= 11 is 0. The van der Waals surface area contributed by atoms with Gasteiger partial charge in [-0.1, -0.05) is 37.5 Å². The van der Waals surface area contributed by atoms with Gasteiger partial charge in [0.25, 0.3) is 0 Å². The predicted octanol–water partition coefficient (Wildman–Crippen LogP) is 4.00. The summed E-state index contributed by atoms with van der Waals surface area (Å²) in [5.74, 6) is 0.624. The van der Waals surface area contributed by atoms with E-state index in [4.69, 9.17) is 0 Å². The molecule has 4 rings (SSSR count). The highest BCUT2D eigenvalue weighted by Gasteiger charge is 2.41. The van der Waals surface area contributed by atoms with Gasteiger partial charge in [-0.25, -0.2) is 8.42 Å². The molecular formula is C19H26N2O2S. The van der Waals surface area contributed by atoms with Crippen LogP contribution in [0.3, 0.4) is 0 Å². The third kappa shape index (κ3) is 2.58. The third-order valence-corrected chi connectivity index (χ3v) is 7.71. The van der Waals surface area contributed by atoms with Gasteiger partial charge in [-0.2, -0.15) is 4.31 Å². The van der Waals surface area contributed by atoms with Crippen molar-refractivity contribution in [2.24, 2.45) is 5.92 Å². The van der Waals surface area contributed by atoms with Gasteiger partial charge in [0.1, 0.15) is 0 Å². The van der Waals surface area contributed by atoms with Crippen molar-refractivity contribution in [2.45, 2.75) is 51.5 Å². The molecule has 1 aromatic carbocycles. The minimum atomic E-state index is -3.19. The average Bonchev–Trinajstić information content (AvgIpc) is 3.00. The van der Waals surface area contributed by atoms with E-state index in [0.29, 0.717) is 12.5 Å². The van der Waals surface area contributed by atoms with Crippen LogP contribution in [0.4, 0.5) is 0 Å². The first-order valence-electron chi connectivity index (χ1n) is 9.21. The molecular weight excluding hydrogens is 320 g/mol. The maximum Gasteiger partial charge on any atom is 0.214 e. The van der Waals surface area contributed by atoms with Crippen LogP contribution in [0, 0.1) is 5.92 Å². The Morgan fingerprint density at radius 1 is 1.17 bits per heavy atom. The van der Waals surface area contributed by atoms with Crippen molar-refractivity contribution in [2.75, 3.05) is 12.3 Å². The average molecular weight is 346 g/mol. The molecule has 2 aromatic rings. The quantitative estimate of drug-likeness (QED) is 0.913. The van der Waals surface area contributed by atoms with Gasteiger partial charge in [-0.15, -0.1) is 0 Å². The molecule has 1 N–H and O–H groups in total. The van der Waals surface area contributed by atoms with E-state index in [1.807, 2.05) is 6.07 Å². The van der Waals surface area contributed by atoms with Crippen molar-refractivity contribution in [3.05, 3.63) is 35.5 Å². The molecule has 1 saturated carbocycles. The van der Waals surface area contributed by atoms with Gasteiger partial charge in [0.15, 0.2) is 0 Å². The van der Waals surface area contributed by atoms with E-state index in [-0.39, 0.29) is 11.8 Å². The molecule has 24 heavy (non-hydrogen) atoms. The summed E-state index contributed by atoms with van der Waals surface area (Å²) in [6.45, 7) is 2.38. The van der Waals surface area contributed by atoms with Crippen molar-refractivity contribution < 1.29 is 8.42 Å². The molecule has 5 heteroatoms. The molecule has 1 aliphatic heterocycles. The number of fused-ring (bicyclic) bond motifs is 3. The molecule has 0 spiro atoms. The van der Waals surface area contributed by atoms with Crippen LogP contribution in [-0.4, -0.2) is 30.0 Å². The zero-order valence-corrected chi connectivity index (χ0v) is 15.1. The van der Waals surface area contributed by atoms with Gasteiger partial charge in [0, 0.05) is 23.1 Å². The molecule has 1 aliphatic carbocycles. The molecule has 1 fully saturated rings. The lowest BCUT2D eigenvalue weighted by molar-refractivity contribution is 0.180. The summed E-state index contributed by atoms with van der Waals surface area (Å²) in [7, 11) is -3.19. The fourth-order valence-corrected chi connectivity index (χ4v) is 5.97. The monoisotopic (exact) mass is 346 g/mol. The highest BCUT2D eigenvalue weighted by atomic mass is 32.2. The van der Waals surface area contributed by atoms with E-state index < -0.39 is 10.0 Å². The van der Waals surface area contributed by atoms with E-state index in [2.05, 4.69) is 23.2 Å². The Morgan fingerprint density at radius 3 is 2.67 bits per heavy atom. The summed E-state index contributed by atoms with van der Waals surface area (Å²) in [6, 6.07) is 8.37. The molecule has 0 saturated heterocycles. The summed E-state index contributed by atoms with van der Waals surface area (Å²) in [5.41, 5.74) is 3.63. The summed E-state index contributed by atoms with van der Waals surface area (Å²) in [5, 5.41) is 1.27. The second-order valence-electron chi connectivity index (χ2n) is 7.17. The number of aromatic amines is 1. The van der Waals surface area contributed by atoms with E-state index in [1.54, 1.807) is 11.2 Å². The topological polar surface area (TPSA) is 53.2 Å². The fraction of sp³-hybridized carbons (Fsp3) is 0.579. The number of H-pyrrole nitrogens is 1. The van der Waals surface area contributed by atoms with E-state index >= 15 is 0 Å². The summed E-state index contributed by atoms with van der Waals surface area (Å²) in [4.78, 5) is 3.58. The molecule has 2 aliphatic rings. The first-order valence-corrected chi connectivity index (χ1v) is 10.8. The van der Waals surface area contributed by atoms with Gasteiger partial charge in [0.2, 0.25) is 10.0 Å². The molecule has 0 amide bonds. The number of nitrogens with zero attached hydrogens (tertiary/aromatic N) is 1. The number of aromatic nitrogens is 1. The third-order valence-electron chi connectivity index (χ3n) is 5.85. The molecule has 130 valence electrons. The number of para-hydroxylation sites is 1. The Morgan fingerprint density at radius 2 is 1.92 bits per heavy atom. The lowest BCUT2D eigenvalue weighted by Crippen LogP contribution is -2.44. The minimum absolute atomic E-state index is 0.00796. The summed E-state index contributed by atoms with van der Waals surface area (Å²) in [6.07, 6.45) is 6.79. The number of sulfonamides is 1. The first-order chi connectivity index (χ1) is 11.6. The van der Waals surface area contributed by atoms with Crippen LogP contribution in [0.2, 0.25) is 0 Å². The van der Waals surface area contributed by atoms with Crippen LogP contribution in [0.1, 0.15) is 56.3 Å². The van der Waals surface area contributed by atoms with E-state index in [0.717, 1.165) is 30.5 Å².